The molecule has 4 heteroatoms. The van der Waals surface area contributed by atoms with Crippen LogP contribution in [0.25, 0.3) is 0 Å². The number of nitrogens with one attached hydrogen (secondary N) is 1. The molecule has 0 aliphatic heterocycles. The molecule has 19 heavy (non-hydrogen) atoms. The average molecular weight is 268 g/mol. The summed E-state index contributed by atoms with van der Waals surface area (Å²) in [5.74, 6) is 0.570. The maximum atomic E-state index is 11.7. The molecule has 0 atom stereocenters. The van der Waals surface area contributed by atoms with Gasteiger partial charge in [0.1, 0.15) is 5.60 Å². The third kappa shape index (κ3) is 6.10. The van der Waals surface area contributed by atoms with Crippen LogP contribution in [0.4, 0.5) is 4.79 Å². The Labute approximate surface area is 116 Å². The molecule has 0 aromatic carbocycles. The topological polar surface area (TPSA) is 64.3 Å². The van der Waals surface area contributed by atoms with E-state index in [1.165, 1.54) is 5.57 Å². The quantitative estimate of drug-likeness (QED) is 0.770. The van der Waals surface area contributed by atoms with Gasteiger partial charge in [0, 0.05) is 6.04 Å². The van der Waals surface area contributed by atoms with Gasteiger partial charge in [-0.05, 0) is 65.3 Å². The van der Waals surface area contributed by atoms with Crippen molar-refractivity contribution in [2.45, 2.75) is 64.5 Å². The van der Waals surface area contributed by atoms with Crippen molar-refractivity contribution in [1.29, 1.82) is 0 Å². The third-order valence-electron chi connectivity index (χ3n) is 3.49. The fourth-order valence-electron chi connectivity index (χ4n) is 2.51. The van der Waals surface area contributed by atoms with E-state index in [9.17, 15) is 4.79 Å². The molecule has 3 N–H and O–H groups in total. The lowest BCUT2D eigenvalue weighted by molar-refractivity contribution is 0.0489. The van der Waals surface area contributed by atoms with Gasteiger partial charge in [-0.1, -0.05) is 12.2 Å². The Hall–Kier alpha value is -1.03. The SMILES string of the molecule is C=C(CCN)C1CCC(NC(=O)OC(C)(C)C)CC1. The lowest BCUT2D eigenvalue weighted by atomic mass is 9.81. The van der Waals surface area contributed by atoms with Crippen LogP contribution in [0.15, 0.2) is 12.2 Å². The maximum Gasteiger partial charge on any atom is 0.407 e. The first-order valence-corrected chi connectivity index (χ1v) is 7.19. The Morgan fingerprint density at radius 3 is 2.37 bits per heavy atom. The summed E-state index contributed by atoms with van der Waals surface area (Å²) in [7, 11) is 0. The van der Waals surface area contributed by atoms with Crippen LogP contribution in [0.5, 0.6) is 0 Å². The zero-order chi connectivity index (χ0) is 14.5. The van der Waals surface area contributed by atoms with Crippen LogP contribution in [0.2, 0.25) is 0 Å². The highest BCUT2D eigenvalue weighted by Gasteiger charge is 2.25. The van der Waals surface area contributed by atoms with Crippen molar-refractivity contribution in [2.24, 2.45) is 11.7 Å². The maximum absolute atomic E-state index is 11.7. The molecule has 0 aromatic heterocycles. The second kappa shape index (κ2) is 6.94. The fourth-order valence-corrected chi connectivity index (χ4v) is 2.51. The molecule has 1 saturated carbocycles. The zero-order valence-corrected chi connectivity index (χ0v) is 12.5. The third-order valence-corrected chi connectivity index (χ3v) is 3.49. The molecule has 0 bridgehead atoms. The molecule has 4 nitrogen and oxygen atoms in total. The summed E-state index contributed by atoms with van der Waals surface area (Å²) in [6, 6.07) is 0.233. The largest absolute Gasteiger partial charge is 0.444 e. The minimum Gasteiger partial charge on any atom is -0.444 e. The zero-order valence-electron chi connectivity index (χ0n) is 12.5. The molecule has 0 aromatic rings. The van der Waals surface area contributed by atoms with E-state index in [0.717, 1.165) is 32.1 Å². The van der Waals surface area contributed by atoms with Gasteiger partial charge >= 0.3 is 6.09 Å². The van der Waals surface area contributed by atoms with E-state index in [1.807, 2.05) is 20.8 Å². The van der Waals surface area contributed by atoms with Crippen molar-refractivity contribution < 1.29 is 9.53 Å². The van der Waals surface area contributed by atoms with Gasteiger partial charge < -0.3 is 15.8 Å². The summed E-state index contributed by atoms with van der Waals surface area (Å²) in [6.45, 7) is 10.4. The monoisotopic (exact) mass is 268 g/mol. The molecule has 0 radical (unpaired) electrons. The van der Waals surface area contributed by atoms with Gasteiger partial charge in [-0.3, -0.25) is 0 Å². The standard InChI is InChI=1S/C15H28N2O2/c1-11(9-10-16)12-5-7-13(8-6-12)17-14(18)19-15(2,3)4/h12-13H,1,5-10,16H2,2-4H3,(H,17,18). The number of carbonyl (C=O) groups is 1. The van der Waals surface area contributed by atoms with E-state index in [4.69, 9.17) is 10.5 Å². The fraction of sp³-hybridized carbons (Fsp3) is 0.800. The summed E-state index contributed by atoms with van der Waals surface area (Å²) < 4.78 is 5.27. The summed E-state index contributed by atoms with van der Waals surface area (Å²) >= 11 is 0. The molecule has 0 heterocycles. The van der Waals surface area contributed by atoms with Crippen molar-refractivity contribution in [3.8, 4) is 0 Å². The molecule has 1 aliphatic rings. The normalized spacial score (nSPS) is 23.8. The smallest absolute Gasteiger partial charge is 0.407 e. The van der Waals surface area contributed by atoms with Crippen LogP contribution in [0, 0.1) is 5.92 Å². The lowest BCUT2D eigenvalue weighted by Crippen LogP contribution is -2.41. The minimum absolute atomic E-state index is 0.233. The Kier molecular flexibility index (Phi) is 5.85. The molecule has 1 rings (SSSR count). The summed E-state index contributed by atoms with van der Waals surface area (Å²) in [5.41, 5.74) is 6.38. The van der Waals surface area contributed by atoms with E-state index in [1.54, 1.807) is 0 Å². The molecule has 1 fully saturated rings. The van der Waals surface area contributed by atoms with E-state index in [-0.39, 0.29) is 12.1 Å². The second-order valence-electron chi connectivity index (χ2n) is 6.39. The number of ether oxygens (including phenoxy) is 1. The Morgan fingerprint density at radius 1 is 1.32 bits per heavy atom. The highest BCUT2D eigenvalue weighted by Crippen LogP contribution is 2.30. The van der Waals surface area contributed by atoms with E-state index >= 15 is 0 Å². The number of alkyl carbamates (subject to hydrolysis) is 1. The first kappa shape index (κ1) is 16.0. The first-order chi connectivity index (χ1) is 8.81. The number of rotatable bonds is 4. The predicted octanol–water partition coefficient (Wildman–Crippen LogP) is 2.97. The number of hydrogen-bond donors (Lipinski definition) is 2. The number of nitrogens with two attached hydrogens (primary N) is 1. The molecular weight excluding hydrogens is 240 g/mol. The molecule has 1 amide bonds. The van der Waals surface area contributed by atoms with E-state index < -0.39 is 5.60 Å². The van der Waals surface area contributed by atoms with Gasteiger partial charge in [0.2, 0.25) is 0 Å². The van der Waals surface area contributed by atoms with Crippen LogP contribution in [-0.4, -0.2) is 24.3 Å². The molecule has 1 aliphatic carbocycles. The molecule has 0 saturated heterocycles. The van der Waals surface area contributed by atoms with Gasteiger partial charge in [0.15, 0.2) is 0 Å². The molecule has 0 spiro atoms. The van der Waals surface area contributed by atoms with Gasteiger partial charge in [0.25, 0.3) is 0 Å². The summed E-state index contributed by atoms with van der Waals surface area (Å²) in [6.07, 6.45) is 4.76. The number of carbonyl (C=O) groups excluding carboxylic acids is 1. The summed E-state index contributed by atoms with van der Waals surface area (Å²) in [4.78, 5) is 11.7. The van der Waals surface area contributed by atoms with Crippen molar-refractivity contribution in [1.82, 2.24) is 5.32 Å². The van der Waals surface area contributed by atoms with E-state index in [0.29, 0.717) is 12.5 Å². The highest BCUT2D eigenvalue weighted by molar-refractivity contribution is 5.68. The first-order valence-electron chi connectivity index (χ1n) is 7.19. The second-order valence-corrected chi connectivity index (χ2v) is 6.39. The summed E-state index contributed by atoms with van der Waals surface area (Å²) in [5, 5.41) is 2.95. The van der Waals surface area contributed by atoms with Crippen molar-refractivity contribution in [3.63, 3.8) is 0 Å². The Bertz CT molecular complexity index is 313. The Balaban J connectivity index is 2.30. The molecular formula is C15H28N2O2. The van der Waals surface area contributed by atoms with Crippen LogP contribution in [0.3, 0.4) is 0 Å². The van der Waals surface area contributed by atoms with Crippen molar-refractivity contribution in [2.75, 3.05) is 6.54 Å². The van der Waals surface area contributed by atoms with E-state index in [2.05, 4.69) is 11.9 Å². The van der Waals surface area contributed by atoms with Crippen LogP contribution in [0.1, 0.15) is 52.9 Å². The molecule has 110 valence electrons. The predicted molar refractivity (Wildman–Crippen MR) is 77.9 cm³/mol. The van der Waals surface area contributed by atoms with Gasteiger partial charge in [-0.15, -0.1) is 0 Å². The molecule has 0 unspecified atom stereocenters. The van der Waals surface area contributed by atoms with Gasteiger partial charge in [-0.2, -0.15) is 0 Å². The van der Waals surface area contributed by atoms with Crippen LogP contribution < -0.4 is 11.1 Å². The lowest BCUT2D eigenvalue weighted by Gasteiger charge is -2.31. The minimum atomic E-state index is -0.434. The van der Waals surface area contributed by atoms with Gasteiger partial charge in [0.05, 0.1) is 0 Å². The van der Waals surface area contributed by atoms with Crippen LogP contribution in [-0.2, 0) is 4.74 Å². The number of hydrogen-bond acceptors (Lipinski definition) is 3. The van der Waals surface area contributed by atoms with Crippen molar-refractivity contribution >= 4 is 6.09 Å². The number of amides is 1. The average Bonchev–Trinajstić information content (AvgIpc) is 2.27. The highest BCUT2D eigenvalue weighted by atomic mass is 16.6. The van der Waals surface area contributed by atoms with Gasteiger partial charge in [-0.25, -0.2) is 4.79 Å². The van der Waals surface area contributed by atoms with Crippen molar-refractivity contribution in [3.05, 3.63) is 12.2 Å². The Morgan fingerprint density at radius 2 is 1.89 bits per heavy atom. The van der Waals surface area contributed by atoms with Crippen LogP contribution >= 0.6 is 0 Å².